The molecule has 0 aliphatic rings. The Morgan fingerprint density at radius 1 is 1.00 bits per heavy atom. The Morgan fingerprint density at radius 3 is 2.47 bits per heavy atom. The molecule has 2 heterocycles. The van der Waals surface area contributed by atoms with Crippen molar-refractivity contribution in [3.8, 4) is 0 Å². The number of nitrogens with zero attached hydrogens (tertiary/aromatic N) is 2. The van der Waals surface area contributed by atoms with E-state index in [0.717, 1.165) is 24.2 Å². The van der Waals surface area contributed by atoms with Gasteiger partial charge in [-0.15, -0.1) is 0 Å². The van der Waals surface area contributed by atoms with E-state index >= 15 is 0 Å². The lowest BCUT2D eigenvalue weighted by Crippen LogP contribution is -1.97. The first-order valence-electron chi connectivity index (χ1n) is 6.10. The van der Waals surface area contributed by atoms with Crippen LogP contribution in [0.25, 0.3) is 0 Å². The lowest BCUT2D eigenvalue weighted by atomic mass is 10.1. The first-order chi connectivity index (χ1) is 8.25. The zero-order chi connectivity index (χ0) is 12.1. The van der Waals surface area contributed by atoms with Crippen LogP contribution in [0.3, 0.4) is 0 Å². The van der Waals surface area contributed by atoms with E-state index in [9.17, 15) is 0 Å². The van der Waals surface area contributed by atoms with Gasteiger partial charge in [-0.25, -0.2) is 0 Å². The van der Waals surface area contributed by atoms with Crippen LogP contribution in [0.1, 0.15) is 36.7 Å². The summed E-state index contributed by atoms with van der Waals surface area (Å²) in [7, 11) is 0. The summed E-state index contributed by atoms with van der Waals surface area (Å²) in [6, 6.07) is 10.3. The molecule has 88 valence electrons. The summed E-state index contributed by atoms with van der Waals surface area (Å²) in [5.74, 6) is 0.500. The van der Waals surface area contributed by atoms with Crippen molar-refractivity contribution in [3.05, 3.63) is 59.7 Å². The highest BCUT2D eigenvalue weighted by atomic mass is 14.7. The van der Waals surface area contributed by atoms with Crippen LogP contribution in [-0.4, -0.2) is 9.97 Å². The fraction of sp³-hybridized carbons (Fsp3) is 0.333. The van der Waals surface area contributed by atoms with Gasteiger partial charge in [0.25, 0.3) is 0 Å². The van der Waals surface area contributed by atoms with E-state index in [0.29, 0.717) is 5.92 Å². The van der Waals surface area contributed by atoms with E-state index in [1.165, 1.54) is 5.56 Å². The number of hydrogen-bond acceptors (Lipinski definition) is 2. The van der Waals surface area contributed by atoms with Gasteiger partial charge in [0.1, 0.15) is 0 Å². The highest BCUT2D eigenvalue weighted by Gasteiger charge is 2.01. The Kier molecular flexibility index (Phi) is 3.86. The molecule has 2 heteroatoms. The third-order valence-electron chi connectivity index (χ3n) is 2.84. The van der Waals surface area contributed by atoms with Gasteiger partial charge in [0.15, 0.2) is 0 Å². The van der Waals surface area contributed by atoms with Crippen LogP contribution in [0.4, 0.5) is 0 Å². The lowest BCUT2D eigenvalue weighted by Gasteiger charge is -2.05. The molecule has 0 atom stereocenters. The quantitative estimate of drug-likeness (QED) is 0.798. The zero-order valence-corrected chi connectivity index (χ0v) is 10.4. The molecule has 0 amide bonds. The van der Waals surface area contributed by atoms with Gasteiger partial charge in [-0.2, -0.15) is 0 Å². The van der Waals surface area contributed by atoms with Crippen LogP contribution < -0.4 is 0 Å². The zero-order valence-electron chi connectivity index (χ0n) is 10.4. The van der Waals surface area contributed by atoms with Crippen LogP contribution >= 0.6 is 0 Å². The molecule has 0 aromatic carbocycles. The van der Waals surface area contributed by atoms with Crippen LogP contribution in [0.5, 0.6) is 0 Å². The van der Waals surface area contributed by atoms with Gasteiger partial charge >= 0.3 is 0 Å². The van der Waals surface area contributed by atoms with E-state index in [-0.39, 0.29) is 0 Å². The van der Waals surface area contributed by atoms with Crippen molar-refractivity contribution in [2.75, 3.05) is 0 Å². The Hall–Kier alpha value is -1.70. The van der Waals surface area contributed by atoms with Crippen LogP contribution in [0.15, 0.2) is 42.7 Å². The van der Waals surface area contributed by atoms with Gasteiger partial charge in [0.2, 0.25) is 0 Å². The molecule has 0 N–H and O–H groups in total. The van der Waals surface area contributed by atoms with Crippen molar-refractivity contribution in [1.82, 2.24) is 9.97 Å². The van der Waals surface area contributed by atoms with Crippen LogP contribution in [0, 0.1) is 0 Å². The Bertz CT molecular complexity index is 446. The van der Waals surface area contributed by atoms with Crippen molar-refractivity contribution in [2.45, 2.75) is 32.6 Å². The third-order valence-corrected chi connectivity index (χ3v) is 2.84. The second kappa shape index (κ2) is 5.58. The SMILES string of the molecule is CC(C)c1ccc(CCc2ccccn2)cn1. The van der Waals surface area contributed by atoms with Gasteiger partial charge in [-0.3, -0.25) is 9.97 Å². The number of pyridine rings is 2. The average Bonchev–Trinajstić information content (AvgIpc) is 2.38. The molecule has 2 aromatic heterocycles. The summed E-state index contributed by atoms with van der Waals surface area (Å²) in [5.41, 5.74) is 3.58. The first kappa shape index (κ1) is 11.8. The molecule has 0 saturated heterocycles. The van der Waals surface area contributed by atoms with Gasteiger partial charge in [0, 0.05) is 23.8 Å². The highest BCUT2D eigenvalue weighted by molar-refractivity contribution is 5.17. The minimum absolute atomic E-state index is 0.500. The summed E-state index contributed by atoms with van der Waals surface area (Å²) in [5, 5.41) is 0. The van der Waals surface area contributed by atoms with E-state index in [2.05, 4.69) is 42.0 Å². The summed E-state index contributed by atoms with van der Waals surface area (Å²) >= 11 is 0. The highest BCUT2D eigenvalue weighted by Crippen LogP contribution is 2.12. The van der Waals surface area contributed by atoms with Gasteiger partial charge in [-0.05, 0) is 42.5 Å². The van der Waals surface area contributed by atoms with Crippen LogP contribution in [0.2, 0.25) is 0 Å². The minimum atomic E-state index is 0.500. The minimum Gasteiger partial charge on any atom is -0.261 e. The maximum atomic E-state index is 4.47. The molecule has 0 saturated carbocycles. The molecule has 0 spiro atoms. The Balaban J connectivity index is 1.96. The van der Waals surface area contributed by atoms with Crippen LogP contribution in [-0.2, 0) is 12.8 Å². The maximum absolute atomic E-state index is 4.47. The summed E-state index contributed by atoms with van der Waals surface area (Å²) in [4.78, 5) is 8.79. The van der Waals surface area contributed by atoms with E-state index in [1.807, 2.05) is 24.5 Å². The fourth-order valence-corrected chi connectivity index (χ4v) is 1.74. The summed E-state index contributed by atoms with van der Waals surface area (Å²) in [6.07, 6.45) is 5.81. The summed E-state index contributed by atoms with van der Waals surface area (Å²) in [6.45, 7) is 4.33. The molecule has 0 aliphatic carbocycles. The normalized spacial score (nSPS) is 10.8. The molecule has 0 aliphatic heterocycles. The Labute approximate surface area is 103 Å². The second-order valence-corrected chi connectivity index (χ2v) is 4.57. The molecule has 0 unspecified atom stereocenters. The van der Waals surface area contributed by atoms with E-state index in [1.54, 1.807) is 0 Å². The van der Waals surface area contributed by atoms with Crippen molar-refractivity contribution in [3.63, 3.8) is 0 Å². The number of aromatic nitrogens is 2. The van der Waals surface area contributed by atoms with Gasteiger partial charge < -0.3 is 0 Å². The molecule has 2 rings (SSSR count). The fourth-order valence-electron chi connectivity index (χ4n) is 1.74. The van der Waals surface area contributed by atoms with Gasteiger partial charge in [-0.1, -0.05) is 26.0 Å². The standard InChI is InChI=1S/C15H18N2/c1-12(2)15-9-7-13(11-17-15)6-8-14-5-3-4-10-16-14/h3-5,7,9-12H,6,8H2,1-2H3. The van der Waals surface area contributed by atoms with E-state index in [4.69, 9.17) is 0 Å². The molecular weight excluding hydrogens is 208 g/mol. The van der Waals surface area contributed by atoms with Crippen molar-refractivity contribution >= 4 is 0 Å². The smallest absolute Gasteiger partial charge is 0.0429 e. The molecule has 2 aromatic rings. The molecule has 0 fully saturated rings. The second-order valence-electron chi connectivity index (χ2n) is 4.57. The topological polar surface area (TPSA) is 25.8 Å². The lowest BCUT2D eigenvalue weighted by molar-refractivity contribution is 0.814. The van der Waals surface area contributed by atoms with Crippen molar-refractivity contribution in [1.29, 1.82) is 0 Å². The monoisotopic (exact) mass is 226 g/mol. The molecule has 0 bridgehead atoms. The molecular formula is C15H18N2. The van der Waals surface area contributed by atoms with Crippen molar-refractivity contribution in [2.24, 2.45) is 0 Å². The molecule has 2 nitrogen and oxygen atoms in total. The number of aryl methyl sites for hydroxylation is 2. The van der Waals surface area contributed by atoms with E-state index < -0.39 is 0 Å². The summed E-state index contributed by atoms with van der Waals surface area (Å²) < 4.78 is 0. The predicted molar refractivity (Wildman–Crippen MR) is 70.0 cm³/mol. The predicted octanol–water partition coefficient (Wildman–Crippen LogP) is 3.39. The van der Waals surface area contributed by atoms with Crippen molar-refractivity contribution < 1.29 is 0 Å². The molecule has 0 radical (unpaired) electrons. The number of rotatable bonds is 4. The first-order valence-corrected chi connectivity index (χ1v) is 6.10. The largest absolute Gasteiger partial charge is 0.261 e. The average molecular weight is 226 g/mol. The Morgan fingerprint density at radius 2 is 1.88 bits per heavy atom. The van der Waals surface area contributed by atoms with Gasteiger partial charge in [0.05, 0.1) is 0 Å². The third kappa shape index (κ3) is 3.38. The maximum Gasteiger partial charge on any atom is 0.0429 e. The number of hydrogen-bond donors (Lipinski definition) is 0. The molecule has 17 heavy (non-hydrogen) atoms.